The Bertz CT molecular complexity index is 399. The lowest BCUT2D eigenvalue weighted by atomic mass is 10.3. The molecule has 0 atom stereocenters. The molecule has 0 bridgehead atoms. The Morgan fingerprint density at radius 2 is 2.17 bits per heavy atom. The molecule has 0 fully saturated rings. The summed E-state index contributed by atoms with van der Waals surface area (Å²) in [4.78, 5) is 10.9. The van der Waals surface area contributed by atoms with Gasteiger partial charge in [0.05, 0.1) is 18.9 Å². The molecule has 1 N–H and O–H groups in total. The van der Waals surface area contributed by atoms with Crippen LogP contribution in [0, 0.1) is 11.6 Å². The van der Waals surface area contributed by atoms with Crippen LogP contribution in [-0.2, 0) is 14.3 Å². The number of nitrogens with one attached hydrogen (secondary N) is 1. The van der Waals surface area contributed by atoms with E-state index in [0.29, 0.717) is 6.61 Å². The molecule has 0 aromatic heterocycles. The van der Waals surface area contributed by atoms with Crippen LogP contribution >= 0.6 is 0 Å². The largest absolute Gasteiger partial charge is 0.464 e. The predicted octanol–water partition coefficient (Wildman–Crippen LogP) is 1.96. The maximum absolute atomic E-state index is 13.2. The fraction of sp³-hybridized carbons (Fsp3) is 0.417. The van der Waals surface area contributed by atoms with Crippen molar-refractivity contribution in [2.75, 3.05) is 31.7 Å². The third kappa shape index (κ3) is 5.09. The van der Waals surface area contributed by atoms with Gasteiger partial charge in [0, 0.05) is 6.54 Å². The number of rotatable bonds is 7. The van der Waals surface area contributed by atoms with Crippen molar-refractivity contribution >= 4 is 11.7 Å². The molecular weight excluding hydrogens is 244 g/mol. The summed E-state index contributed by atoms with van der Waals surface area (Å²) >= 11 is 0. The molecule has 1 aromatic rings. The van der Waals surface area contributed by atoms with Gasteiger partial charge in [-0.05, 0) is 25.1 Å². The van der Waals surface area contributed by atoms with E-state index in [1.165, 1.54) is 0 Å². The lowest BCUT2D eigenvalue weighted by Crippen LogP contribution is -2.17. The summed E-state index contributed by atoms with van der Waals surface area (Å²) in [6.45, 7) is 2.30. The van der Waals surface area contributed by atoms with Crippen molar-refractivity contribution in [1.82, 2.24) is 0 Å². The Hall–Kier alpha value is -1.69. The van der Waals surface area contributed by atoms with Crippen LogP contribution in [0.1, 0.15) is 6.92 Å². The van der Waals surface area contributed by atoms with Gasteiger partial charge in [-0.15, -0.1) is 0 Å². The van der Waals surface area contributed by atoms with Gasteiger partial charge in [0.1, 0.15) is 18.2 Å². The zero-order valence-corrected chi connectivity index (χ0v) is 10.0. The first-order chi connectivity index (χ1) is 8.63. The second-order valence-corrected chi connectivity index (χ2v) is 3.41. The van der Waals surface area contributed by atoms with Gasteiger partial charge in [0.25, 0.3) is 0 Å². The molecule has 18 heavy (non-hydrogen) atoms. The first kappa shape index (κ1) is 14.4. The second kappa shape index (κ2) is 7.60. The predicted molar refractivity (Wildman–Crippen MR) is 62.3 cm³/mol. The highest BCUT2D eigenvalue weighted by molar-refractivity contribution is 5.70. The van der Waals surface area contributed by atoms with E-state index in [1.54, 1.807) is 6.92 Å². The van der Waals surface area contributed by atoms with Crippen LogP contribution in [0.3, 0.4) is 0 Å². The van der Waals surface area contributed by atoms with Crippen molar-refractivity contribution < 1.29 is 23.0 Å². The minimum Gasteiger partial charge on any atom is -0.464 e. The van der Waals surface area contributed by atoms with Crippen molar-refractivity contribution in [2.24, 2.45) is 0 Å². The van der Waals surface area contributed by atoms with E-state index in [-0.39, 0.29) is 25.4 Å². The summed E-state index contributed by atoms with van der Waals surface area (Å²) in [7, 11) is 0. The van der Waals surface area contributed by atoms with E-state index >= 15 is 0 Å². The fourth-order valence-electron chi connectivity index (χ4n) is 1.25. The molecule has 0 aliphatic heterocycles. The number of ether oxygens (including phenoxy) is 2. The molecule has 0 radical (unpaired) electrons. The van der Waals surface area contributed by atoms with Crippen molar-refractivity contribution in [3.63, 3.8) is 0 Å². The quantitative estimate of drug-likeness (QED) is 0.600. The van der Waals surface area contributed by atoms with Crippen LogP contribution < -0.4 is 5.32 Å². The molecule has 1 rings (SSSR count). The molecule has 0 spiro atoms. The van der Waals surface area contributed by atoms with E-state index in [2.05, 4.69) is 10.1 Å². The van der Waals surface area contributed by atoms with Crippen molar-refractivity contribution in [1.29, 1.82) is 0 Å². The van der Waals surface area contributed by atoms with Crippen molar-refractivity contribution in [3.05, 3.63) is 29.8 Å². The van der Waals surface area contributed by atoms with Crippen LogP contribution in [0.5, 0.6) is 0 Å². The first-order valence-electron chi connectivity index (χ1n) is 5.55. The van der Waals surface area contributed by atoms with E-state index in [1.807, 2.05) is 0 Å². The maximum atomic E-state index is 13.2. The normalized spacial score (nSPS) is 10.2. The number of carbonyl (C=O) groups is 1. The summed E-state index contributed by atoms with van der Waals surface area (Å²) < 4.78 is 35.6. The molecule has 0 aliphatic rings. The molecule has 0 aliphatic carbocycles. The average Bonchev–Trinajstić information content (AvgIpc) is 2.33. The Morgan fingerprint density at radius 3 is 2.89 bits per heavy atom. The summed E-state index contributed by atoms with van der Waals surface area (Å²) in [6, 6.07) is 3.13. The van der Waals surface area contributed by atoms with Crippen LogP contribution in [0.4, 0.5) is 14.5 Å². The molecule has 100 valence electrons. The lowest BCUT2D eigenvalue weighted by Gasteiger charge is -2.08. The number of halogens is 2. The zero-order valence-electron chi connectivity index (χ0n) is 10.0. The van der Waals surface area contributed by atoms with E-state index in [4.69, 9.17) is 4.74 Å². The number of hydrogen-bond acceptors (Lipinski definition) is 4. The highest BCUT2D eigenvalue weighted by atomic mass is 19.1. The van der Waals surface area contributed by atoms with Crippen molar-refractivity contribution in [2.45, 2.75) is 6.92 Å². The summed E-state index contributed by atoms with van der Waals surface area (Å²) in [5, 5.41) is 2.67. The maximum Gasteiger partial charge on any atom is 0.332 e. The van der Waals surface area contributed by atoms with Crippen LogP contribution in [-0.4, -0.2) is 32.3 Å². The van der Waals surface area contributed by atoms with Crippen LogP contribution in [0.25, 0.3) is 0 Å². The van der Waals surface area contributed by atoms with Gasteiger partial charge in [0.15, 0.2) is 0 Å². The Morgan fingerprint density at radius 1 is 1.39 bits per heavy atom. The van der Waals surface area contributed by atoms with E-state index in [9.17, 15) is 13.6 Å². The van der Waals surface area contributed by atoms with Gasteiger partial charge in [-0.2, -0.15) is 0 Å². The minimum absolute atomic E-state index is 0.0646. The monoisotopic (exact) mass is 259 g/mol. The van der Waals surface area contributed by atoms with E-state index in [0.717, 1.165) is 18.2 Å². The van der Waals surface area contributed by atoms with Gasteiger partial charge >= 0.3 is 5.97 Å². The average molecular weight is 259 g/mol. The number of carbonyl (C=O) groups excluding carboxylic acids is 1. The second-order valence-electron chi connectivity index (χ2n) is 3.41. The van der Waals surface area contributed by atoms with Gasteiger partial charge in [-0.3, -0.25) is 0 Å². The van der Waals surface area contributed by atoms with Gasteiger partial charge in [0.2, 0.25) is 0 Å². The van der Waals surface area contributed by atoms with Crippen LogP contribution in [0.15, 0.2) is 18.2 Å². The zero-order chi connectivity index (χ0) is 13.4. The summed E-state index contributed by atoms with van der Waals surface area (Å²) in [5.41, 5.74) is 0.0646. The molecule has 0 heterocycles. The molecule has 0 unspecified atom stereocenters. The molecule has 0 saturated heterocycles. The van der Waals surface area contributed by atoms with Gasteiger partial charge in [-0.1, -0.05) is 0 Å². The highest BCUT2D eigenvalue weighted by Gasteiger charge is 2.04. The molecule has 6 heteroatoms. The highest BCUT2D eigenvalue weighted by Crippen LogP contribution is 2.14. The lowest BCUT2D eigenvalue weighted by molar-refractivity contribution is -0.148. The fourth-order valence-corrected chi connectivity index (χ4v) is 1.25. The molecular formula is C12H15F2NO3. The first-order valence-corrected chi connectivity index (χ1v) is 5.55. The minimum atomic E-state index is -0.540. The third-order valence-corrected chi connectivity index (χ3v) is 2.02. The summed E-state index contributed by atoms with van der Waals surface area (Å²) in [5.74, 6) is -1.51. The Kier molecular flexibility index (Phi) is 6.07. The smallest absolute Gasteiger partial charge is 0.332 e. The Labute approximate surface area is 104 Å². The molecule has 1 aromatic carbocycles. The molecule has 4 nitrogen and oxygen atoms in total. The molecule has 0 saturated carbocycles. The standard InChI is InChI=1S/C12H15F2NO3/c1-2-18-12(16)8-17-6-5-15-11-7-9(13)3-4-10(11)14/h3-4,7,15H,2,5-6,8H2,1H3. The third-order valence-electron chi connectivity index (χ3n) is 2.02. The van der Waals surface area contributed by atoms with Crippen molar-refractivity contribution in [3.8, 4) is 0 Å². The van der Waals surface area contributed by atoms with Crippen LogP contribution in [0.2, 0.25) is 0 Å². The summed E-state index contributed by atoms with van der Waals surface area (Å²) in [6.07, 6.45) is 0. The van der Waals surface area contributed by atoms with Gasteiger partial charge in [-0.25, -0.2) is 13.6 Å². The number of hydrogen-bond donors (Lipinski definition) is 1. The van der Waals surface area contributed by atoms with E-state index < -0.39 is 17.6 Å². The topological polar surface area (TPSA) is 47.6 Å². The SMILES string of the molecule is CCOC(=O)COCCNc1cc(F)ccc1F. The molecule has 0 amide bonds. The number of anilines is 1. The number of benzene rings is 1. The number of esters is 1. The van der Waals surface area contributed by atoms with Gasteiger partial charge < -0.3 is 14.8 Å². The Balaban J connectivity index is 2.21.